The Morgan fingerprint density at radius 2 is 1.62 bits per heavy atom. The number of hydrogen-bond donors (Lipinski definition) is 0. The van der Waals surface area contributed by atoms with Crippen LogP contribution in [0.4, 0.5) is 11.6 Å². The molecule has 8 nitrogen and oxygen atoms in total. The van der Waals surface area contributed by atoms with Crippen LogP contribution in [0.15, 0.2) is 68.9 Å². The molecule has 1 aromatic heterocycles. The van der Waals surface area contributed by atoms with Crippen LogP contribution in [0, 0.1) is 10.1 Å². The molecule has 3 aromatic rings. The summed E-state index contributed by atoms with van der Waals surface area (Å²) in [7, 11) is -3.88. The fraction of sp³-hybridized carbons (Fsp3) is 0.250. The molecule has 0 spiro atoms. The summed E-state index contributed by atoms with van der Waals surface area (Å²) in [6, 6.07) is 13.8. The van der Waals surface area contributed by atoms with E-state index in [-0.39, 0.29) is 27.4 Å². The largest absolute Gasteiger partial charge is 0.419 e. The number of nitrogens with zero attached hydrogens (tertiary/aromatic N) is 3. The zero-order valence-corrected chi connectivity index (χ0v) is 16.3. The van der Waals surface area contributed by atoms with Gasteiger partial charge in [0.2, 0.25) is 26.6 Å². The second-order valence-corrected chi connectivity index (χ2v) is 8.66. The van der Waals surface area contributed by atoms with Gasteiger partial charge in [0.15, 0.2) is 0 Å². The maximum atomic E-state index is 13.2. The Bertz CT molecular complexity index is 1120. The maximum absolute atomic E-state index is 13.2. The molecule has 1 aliphatic rings. The zero-order chi connectivity index (χ0) is 20.4. The van der Waals surface area contributed by atoms with E-state index in [4.69, 9.17) is 4.42 Å². The van der Waals surface area contributed by atoms with Crippen LogP contribution in [-0.2, 0) is 9.84 Å². The van der Waals surface area contributed by atoms with E-state index in [1.165, 1.54) is 36.4 Å². The number of piperidine rings is 1. The first-order valence-electron chi connectivity index (χ1n) is 9.27. The van der Waals surface area contributed by atoms with Gasteiger partial charge in [-0.1, -0.05) is 18.2 Å². The minimum atomic E-state index is -3.88. The number of nitro groups is 1. The number of hydrogen-bond acceptors (Lipinski definition) is 7. The van der Waals surface area contributed by atoms with Crippen molar-refractivity contribution in [2.45, 2.75) is 29.2 Å². The molecule has 1 fully saturated rings. The Hall–Kier alpha value is -3.20. The van der Waals surface area contributed by atoms with Gasteiger partial charge >= 0.3 is 0 Å². The van der Waals surface area contributed by atoms with Crippen molar-refractivity contribution >= 4 is 21.4 Å². The second-order valence-electron chi connectivity index (χ2n) is 6.80. The molecule has 4 rings (SSSR count). The van der Waals surface area contributed by atoms with Crippen molar-refractivity contribution in [2.75, 3.05) is 18.0 Å². The molecular formula is C20H19N3O5S. The molecule has 0 bridgehead atoms. The molecule has 2 heterocycles. The van der Waals surface area contributed by atoms with Gasteiger partial charge < -0.3 is 9.32 Å². The number of benzene rings is 2. The number of rotatable bonds is 5. The molecule has 0 unspecified atom stereocenters. The van der Waals surface area contributed by atoms with Crippen LogP contribution in [0.2, 0.25) is 0 Å². The molecule has 0 atom stereocenters. The van der Waals surface area contributed by atoms with E-state index in [1.807, 2.05) is 4.90 Å². The van der Waals surface area contributed by atoms with E-state index >= 15 is 0 Å². The standard InChI is InChI=1S/C20H19N3O5S/c24-23(25)16-11-9-15(10-12-16)18-21-19(20(28-18)22-13-5-2-6-14-22)29(26,27)17-7-3-1-4-8-17/h1,3-4,7-12H,2,5-6,13-14H2. The van der Waals surface area contributed by atoms with E-state index < -0.39 is 14.8 Å². The number of anilines is 1. The summed E-state index contributed by atoms with van der Waals surface area (Å²) in [4.78, 5) is 16.7. The van der Waals surface area contributed by atoms with Gasteiger partial charge in [-0.15, -0.1) is 0 Å². The molecular weight excluding hydrogens is 394 g/mol. The number of aromatic nitrogens is 1. The molecule has 150 valence electrons. The Morgan fingerprint density at radius 3 is 2.24 bits per heavy atom. The predicted molar refractivity (Wildman–Crippen MR) is 107 cm³/mol. The van der Waals surface area contributed by atoms with Crippen molar-refractivity contribution < 1.29 is 17.8 Å². The van der Waals surface area contributed by atoms with Gasteiger partial charge in [0.05, 0.1) is 9.82 Å². The SMILES string of the molecule is O=[N+]([O-])c1ccc(-c2nc(S(=O)(=O)c3ccccc3)c(N3CCCCC3)o2)cc1. The predicted octanol–water partition coefficient (Wildman–Crippen LogP) is 4.07. The lowest BCUT2D eigenvalue weighted by atomic mass is 10.1. The number of non-ortho nitro benzene ring substituents is 1. The minimum Gasteiger partial charge on any atom is -0.419 e. The highest BCUT2D eigenvalue weighted by molar-refractivity contribution is 7.91. The van der Waals surface area contributed by atoms with Gasteiger partial charge in [0.1, 0.15) is 0 Å². The molecule has 0 N–H and O–H groups in total. The van der Waals surface area contributed by atoms with Crippen LogP contribution in [0.25, 0.3) is 11.5 Å². The average Bonchev–Trinajstić information content (AvgIpc) is 3.21. The number of sulfone groups is 1. The number of oxazole rings is 1. The molecule has 0 aliphatic carbocycles. The molecule has 0 amide bonds. The van der Waals surface area contributed by atoms with Crippen LogP contribution < -0.4 is 4.90 Å². The normalized spacial score (nSPS) is 14.7. The van der Waals surface area contributed by atoms with Crippen molar-refractivity contribution in [1.82, 2.24) is 4.98 Å². The fourth-order valence-electron chi connectivity index (χ4n) is 3.33. The van der Waals surface area contributed by atoms with Gasteiger partial charge in [0, 0.05) is 30.8 Å². The van der Waals surface area contributed by atoms with Crippen molar-refractivity contribution in [3.63, 3.8) is 0 Å². The van der Waals surface area contributed by atoms with Gasteiger partial charge in [-0.05, 0) is 43.5 Å². The third kappa shape index (κ3) is 3.73. The lowest BCUT2D eigenvalue weighted by molar-refractivity contribution is -0.384. The topological polar surface area (TPSA) is 107 Å². The first-order valence-corrected chi connectivity index (χ1v) is 10.8. The summed E-state index contributed by atoms with van der Waals surface area (Å²) < 4.78 is 32.4. The Kier molecular flexibility index (Phi) is 5.06. The summed E-state index contributed by atoms with van der Waals surface area (Å²) >= 11 is 0. The quantitative estimate of drug-likeness (QED) is 0.458. The van der Waals surface area contributed by atoms with Gasteiger partial charge in [-0.3, -0.25) is 10.1 Å². The summed E-state index contributed by atoms with van der Waals surface area (Å²) in [6.07, 6.45) is 2.97. The van der Waals surface area contributed by atoms with E-state index in [2.05, 4.69) is 4.98 Å². The van der Waals surface area contributed by atoms with Crippen LogP contribution >= 0.6 is 0 Å². The van der Waals surface area contributed by atoms with Crippen LogP contribution in [-0.4, -0.2) is 31.4 Å². The Labute approximate surface area is 167 Å². The van der Waals surface area contributed by atoms with Gasteiger partial charge in [0.25, 0.3) is 5.69 Å². The Balaban J connectivity index is 1.82. The van der Waals surface area contributed by atoms with Crippen molar-refractivity contribution in [3.8, 4) is 11.5 Å². The average molecular weight is 413 g/mol. The zero-order valence-electron chi connectivity index (χ0n) is 15.5. The lowest BCUT2D eigenvalue weighted by Crippen LogP contribution is -2.30. The van der Waals surface area contributed by atoms with E-state index in [0.29, 0.717) is 18.7 Å². The van der Waals surface area contributed by atoms with Crippen molar-refractivity contribution in [3.05, 3.63) is 64.7 Å². The third-order valence-electron chi connectivity index (χ3n) is 4.86. The first-order chi connectivity index (χ1) is 14.0. The van der Waals surface area contributed by atoms with E-state index in [1.54, 1.807) is 18.2 Å². The van der Waals surface area contributed by atoms with E-state index in [0.717, 1.165) is 19.3 Å². The van der Waals surface area contributed by atoms with Gasteiger partial charge in [-0.2, -0.15) is 4.98 Å². The molecule has 1 aliphatic heterocycles. The number of nitro benzene ring substituents is 1. The monoisotopic (exact) mass is 413 g/mol. The highest BCUT2D eigenvalue weighted by Crippen LogP contribution is 2.36. The summed E-state index contributed by atoms with van der Waals surface area (Å²) in [6.45, 7) is 1.37. The molecule has 2 aromatic carbocycles. The summed E-state index contributed by atoms with van der Waals surface area (Å²) in [5.74, 6) is 0.344. The van der Waals surface area contributed by atoms with E-state index in [9.17, 15) is 18.5 Å². The molecule has 29 heavy (non-hydrogen) atoms. The van der Waals surface area contributed by atoms with Crippen LogP contribution in [0.3, 0.4) is 0 Å². The van der Waals surface area contributed by atoms with Crippen molar-refractivity contribution in [1.29, 1.82) is 0 Å². The van der Waals surface area contributed by atoms with Crippen molar-refractivity contribution in [2.24, 2.45) is 0 Å². The molecule has 1 saturated heterocycles. The lowest BCUT2D eigenvalue weighted by Gasteiger charge is -2.26. The highest BCUT2D eigenvalue weighted by atomic mass is 32.2. The highest BCUT2D eigenvalue weighted by Gasteiger charge is 2.32. The maximum Gasteiger partial charge on any atom is 0.269 e. The minimum absolute atomic E-state index is 0.0614. The smallest absolute Gasteiger partial charge is 0.269 e. The first kappa shape index (κ1) is 19.1. The molecule has 9 heteroatoms. The second kappa shape index (κ2) is 7.67. The van der Waals surface area contributed by atoms with Crippen LogP contribution in [0.5, 0.6) is 0 Å². The molecule has 0 saturated carbocycles. The Morgan fingerprint density at radius 1 is 0.966 bits per heavy atom. The van der Waals surface area contributed by atoms with Gasteiger partial charge in [-0.25, -0.2) is 8.42 Å². The summed E-state index contributed by atoms with van der Waals surface area (Å²) in [5, 5.41) is 10.8. The summed E-state index contributed by atoms with van der Waals surface area (Å²) in [5.41, 5.74) is 0.414. The third-order valence-corrected chi connectivity index (χ3v) is 6.52. The van der Waals surface area contributed by atoms with Crippen LogP contribution in [0.1, 0.15) is 19.3 Å². The molecule has 0 radical (unpaired) electrons. The fourth-order valence-corrected chi connectivity index (χ4v) is 4.67.